The van der Waals surface area contributed by atoms with Crippen LogP contribution in [0.4, 0.5) is 5.69 Å². The molecule has 0 amide bonds. The van der Waals surface area contributed by atoms with E-state index in [0.29, 0.717) is 23.4 Å². The third-order valence-corrected chi connectivity index (χ3v) is 4.38. The Morgan fingerprint density at radius 1 is 0.963 bits per heavy atom. The quantitative estimate of drug-likeness (QED) is 0.409. The van der Waals surface area contributed by atoms with Crippen molar-refractivity contribution in [2.75, 3.05) is 0 Å². The van der Waals surface area contributed by atoms with Crippen LogP contribution in [0.3, 0.4) is 0 Å². The van der Waals surface area contributed by atoms with E-state index in [2.05, 4.69) is 4.98 Å². The number of nitrogens with zero attached hydrogens (tertiary/aromatic N) is 3. The Balaban J connectivity index is 1.70. The molecule has 2 aliphatic rings. The van der Waals surface area contributed by atoms with Gasteiger partial charge in [-0.1, -0.05) is 30.3 Å². The first-order chi connectivity index (χ1) is 13.1. The van der Waals surface area contributed by atoms with E-state index in [1.54, 1.807) is 18.3 Å². The SMILES string of the molecule is O=c1nc(-c2ccc([N+](=O)[O-])cc2)cc2ccn(Cc3ccccc3)cc1-2. The molecule has 0 saturated heterocycles. The number of hydrogen-bond acceptors (Lipinski definition) is 4. The smallest absolute Gasteiger partial charge is 0.279 e. The van der Waals surface area contributed by atoms with Gasteiger partial charge in [0, 0.05) is 36.6 Å². The van der Waals surface area contributed by atoms with Crippen molar-refractivity contribution >= 4 is 5.69 Å². The predicted octanol–water partition coefficient (Wildman–Crippen LogP) is 3.97. The lowest BCUT2D eigenvalue weighted by Gasteiger charge is -2.12. The zero-order valence-electron chi connectivity index (χ0n) is 14.3. The average molecular weight is 357 g/mol. The summed E-state index contributed by atoms with van der Waals surface area (Å²) in [6.45, 7) is 0.667. The Labute approximate surface area is 154 Å². The Morgan fingerprint density at radius 2 is 1.70 bits per heavy atom. The molecule has 0 unspecified atom stereocenters. The molecule has 0 atom stereocenters. The summed E-state index contributed by atoms with van der Waals surface area (Å²) in [6.07, 6.45) is 3.73. The molecule has 0 N–H and O–H groups in total. The van der Waals surface area contributed by atoms with Crippen molar-refractivity contribution in [3.8, 4) is 22.4 Å². The minimum atomic E-state index is -0.456. The van der Waals surface area contributed by atoms with Crippen LogP contribution in [0, 0.1) is 10.1 Å². The van der Waals surface area contributed by atoms with E-state index in [1.165, 1.54) is 12.1 Å². The maximum atomic E-state index is 12.5. The van der Waals surface area contributed by atoms with Gasteiger partial charge >= 0.3 is 0 Å². The van der Waals surface area contributed by atoms with Crippen LogP contribution in [0.15, 0.2) is 83.9 Å². The molecule has 0 aromatic heterocycles. The van der Waals surface area contributed by atoms with E-state index in [-0.39, 0.29) is 11.2 Å². The zero-order chi connectivity index (χ0) is 18.8. The van der Waals surface area contributed by atoms with Crippen LogP contribution in [-0.2, 0) is 6.54 Å². The van der Waals surface area contributed by atoms with Crippen molar-refractivity contribution in [3.05, 3.63) is 105 Å². The van der Waals surface area contributed by atoms with E-state index in [1.807, 2.05) is 53.2 Å². The molecule has 0 spiro atoms. The van der Waals surface area contributed by atoms with Gasteiger partial charge in [-0.2, -0.15) is 0 Å². The van der Waals surface area contributed by atoms with Crippen molar-refractivity contribution in [2.45, 2.75) is 6.54 Å². The van der Waals surface area contributed by atoms with Crippen molar-refractivity contribution < 1.29 is 4.92 Å². The van der Waals surface area contributed by atoms with Gasteiger partial charge in [-0.15, -0.1) is 0 Å². The second kappa shape index (κ2) is 6.84. The standard InChI is InChI=1S/C21H15N3O3/c25-21-19-14-23(13-15-4-2-1-3-5-15)11-10-17(19)12-20(22-21)16-6-8-18(9-7-16)24(26)27/h1-12,14H,13H2. The zero-order valence-corrected chi connectivity index (χ0v) is 14.3. The van der Waals surface area contributed by atoms with Crippen molar-refractivity contribution in [2.24, 2.45) is 0 Å². The highest BCUT2D eigenvalue weighted by molar-refractivity contribution is 5.71. The van der Waals surface area contributed by atoms with Gasteiger partial charge in [0.2, 0.25) is 0 Å². The Bertz CT molecular complexity index is 1140. The fourth-order valence-corrected chi connectivity index (χ4v) is 3.00. The molecule has 6 heteroatoms. The first-order valence-corrected chi connectivity index (χ1v) is 8.40. The van der Waals surface area contributed by atoms with E-state index < -0.39 is 4.92 Å². The molecule has 2 heterocycles. The number of fused-ring (bicyclic) bond motifs is 1. The summed E-state index contributed by atoms with van der Waals surface area (Å²) >= 11 is 0. The molecule has 0 aliphatic carbocycles. The van der Waals surface area contributed by atoms with Gasteiger partial charge in [0.05, 0.1) is 16.2 Å². The lowest BCUT2D eigenvalue weighted by Crippen LogP contribution is -2.13. The maximum absolute atomic E-state index is 12.5. The van der Waals surface area contributed by atoms with Crippen LogP contribution in [0.5, 0.6) is 0 Å². The number of nitro groups is 1. The average Bonchev–Trinajstić information content (AvgIpc) is 2.69. The minimum Gasteiger partial charge on any atom is -0.349 e. The molecule has 27 heavy (non-hydrogen) atoms. The van der Waals surface area contributed by atoms with E-state index in [9.17, 15) is 14.9 Å². The van der Waals surface area contributed by atoms with Crippen LogP contribution in [0.25, 0.3) is 22.4 Å². The molecular weight excluding hydrogens is 342 g/mol. The van der Waals surface area contributed by atoms with Crippen LogP contribution in [0.1, 0.15) is 5.56 Å². The summed E-state index contributed by atoms with van der Waals surface area (Å²) < 4.78 is 1.95. The molecular formula is C21H15N3O3. The minimum absolute atomic E-state index is 0.00356. The van der Waals surface area contributed by atoms with Gasteiger partial charge < -0.3 is 4.57 Å². The second-order valence-electron chi connectivity index (χ2n) is 6.22. The van der Waals surface area contributed by atoms with E-state index >= 15 is 0 Å². The van der Waals surface area contributed by atoms with Gasteiger partial charge in [0.1, 0.15) is 0 Å². The van der Waals surface area contributed by atoms with Gasteiger partial charge in [-0.05, 0) is 35.4 Å². The Hall–Kier alpha value is -3.80. The number of hydrogen-bond donors (Lipinski definition) is 0. The normalized spacial score (nSPS) is 10.8. The molecule has 2 aliphatic heterocycles. The number of pyridine rings is 2. The first kappa shape index (κ1) is 16.7. The van der Waals surface area contributed by atoms with Gasteiger partial charge in [-0.3, -0.25) is 14.9 Å². The molecule has 132 valence electrons. The Morgan fingerprint density at radius 3 is 2.41 bits per heavy atom. The highest BCUT2D eigenvalue weighted by Gasteiger charge is 2.13. The number of benzene rings is 2. The van der Waals surface area contributed by atoms with Crippen molar-refractivity contribution in [1.82, 2.24) is 9.55 Å². The summed E-state index contributed by atoms with van der Waals surface area (Å²) in [5, 5.41) is 10.8. The van der Waals surface area contributed by atoms with E-state index in [4.69, 9.17) is 0 Å². The topological polar surface area (TPSA) is 78.0 Å². The molecule has 6 nitrogen and oxygen atoms in total. The number of aromatic nitrogens is 2. The monoisotopic (exact) mass is 357 g/mol. The molecule has 2 aromatic rings. The fraction of sp³-hybridized carbons (Fsp3) is 0.0476. The molecule has 0 saturated carbocycles. The highest BCUT2D eigenvalue weighted by Crippen LogP contribution is 2.25. The number of non-ortho nitro benzene ring substituents is 1. The van der Waals surface area contributed by atoms with Crippen LogP contribution in [0.2, 0.25) is 0 Å². The van der Waals surface area contributed by atoms with Gasteiger partial charge in [0.15, 0.2) is 0 Å². The summed E-state index contributed by atoms with van der Waals surface area (Å²) in [4.78, 5) is 27.0. The molecule has 2 aromatic carbocycles. The molecule has 0 bridgehead atoms. The van der Waals surface area contributed by atoms with Crippen molar-refractivity contribution in [3.63, 3.8) is 0 Å². The first-order valence-electron chi connectivity index (χ1n) is 8.40. The van der Waals surface area contributed by atoms with E-state index in [0.717, 1.165) is 11.1 Å². The third-order valence-electron chi connectivity index (χ3n) is 4.38. The maximum Gasteiger partial charge on any atom is 0.279 e. The summed E-state index contributed by atoms with van der Waals surface area (Å²) in [5.41, 5.74) is 3.33. The highest BCUT2D eigenvalue weighted by atomic mass is 16.6. The molecule has 0 fully saturated rings. The second-order valence-corrected chi connectivity index (χ2v) is 6.22. The lowest BCUT2D eigenvalue weighted by molar-refractivity contribution is -0.384. The summed E-state index contributed by atoms with van der Waals surface area (Å²) in [6, 6.07) is 19.7. The van der Waals surface area contributed by atoms with Crippen molar-refractivity contribution in [1.29, 1.82) is 0 Å². The third kappa shape index (κ3) is 3.46. The summed E-state index contributed by atoms with van der Waals surface area (Å²) in [5.74, 6) is 0. The van der Waals surface area contributed by atoms with Crippen LogP contribution < -0.4 is 5.56 Å². The fourth-order valence-electron chi connectivity index (χ4n) is 3.00. The number of rotatable bonds is 4. The molecule has 4 rings (SSSR count). The number of nitro benzene ring substituents is 1. The lowest BCUT2D eigenvalue weighted by atomic mass is 10.0. The van der Waals surface area contributed by atoms with Crippen LogP contribution in [-0.4, -0.2) is 14.5 Å². The molecule has 0 radical (unpaired) electrons. The van der Waals surface area contributed by atoms with Gasteiger partial charge in [-0.25, -0.2) is 4.98 Å². The van der Waals surface area contributed by atoms with Gasteiger partial charge in [0.25, 0.3) is 11.2 Å². The summed E-state index contributed by atoms with van der Waals surface area (Å²) in [7, 11) is 0. The predicted molar refractivity (Wildman–Crippen MR) is 103 cm³/mol. The van der Waals surface area contributed by atoms with Crippen LogP contribution >= 0.6 is 0 Å². The Kier molecular flexibility index (Phi) is 4.22. The largest absolute Gasteiger partial charge is 0.349 e.